The second-order valence-electron chi connectivity index (χ2n) is 4.92. The van der Waals surface area contributed by atoms with Gasteiger partial charge in [-0.15, -0.1) is 0 Å². The number of aromatic amines is 1. The molecule has 0 aliphatic carbocycles. The molecule has 0 bridgehead atoms. The SMILES string of the molecule is COC(=O)CC1CCc2cccc3[nH]c(=O)c(=O)n1c23. The van der Waals surface area contributed by atoms with E-state index in [1.165, 1.54) is 11.7 Å². The zero-order valence-corrected chi connectivity index (χ0v) is 11.0. The summed E-state index contributed by atoms with van der Waals surface area (Å²) in [5, 5.41) is 0. The minimum absolute atomic E-state index is 0.100. The number of nitrogens with zero attached hydrogens (tertiary/aromatic N) is 1. The Morgan fingerprint density at radius 3 is 3.00 bits per heavy atom. The van der Waals surface area contributed by atoms with Gasteiger partial charge >= 0.3 is 17.1 Å². The molecule has 2 heterocycles. The maximum atomic E-state index is 12.1. The molecule has 1 unspecified atom stereocenters. The zero-order valence-electron chi connectivity index (χ0n) is 11.0. The van der Waals surface area contributed by atoms with Gasteiger partial charge in [-0.1, -0.05) is 12.1 Å². The van der Waals surface area contributed by atoms with Crippen molar-refractivity contribution in [1.29, 1.82) is 0 Å². The van der Waals surface area contributed by atoms with Gasteiger partial charge in [0.15, 0.2) is 0 Å². The number of aryl methyl sites for hydroxylation is 1. The summed E-state index contributed by atoms with van der Waals surface area (Å²) in [6.45, 7) is 0. The first-order valence-electron chi connectivity index (χ1n) is 6.45. The van der Waals surface area contributed by atoms with E-state index < -0.39 is 11.1 Å². The smallest absolute Gasteiger partial charge is 0.317 e. The molecule has 0 amide bonds. The van der Waals surface area contributed by atoms with Crippen LogP contribution in [0.15, 0.2) is 27.8 Å². The minimum atomic E-state index is -0.661. The molecule has 6 heteroatoms. The number of nitrogens with one attached hydrogen (secondary N) is 1. The molecule has 1 aromatic carbocycles. The van der Waals surface area contributed by atoms with Crippen LogP contribution in [-0.2, 0) is 16.0 Å². The summed E-state index contributed by atoms with van der Waals surface area (Å²) >= 11 is 0. The molecule has 0 saturated carbocycles. The molecule has 6 nitrogen and oxygen atoms in total. The third-order valence-corrected chi connectivity index (χ3v) is 3.76. The van der Waals surface area contributed by atoms with Crippen molar-refractivity contribution in [2.75, 3.05) is 7.11 Å². The maximum absolute atomic E-state index is 12.1. The van der Waals surface area contributed by atoms with Crippen LogP contribution in [-0.4, -0.2) is 22.6 Å². The molecule has 0 fully saturated rings. The first-order valence-corrected chi connectivity index (χ1v) is 6.45. The van der Waals surface area contributed by atoms with E-state index in [0.717, 1.165) is 17.5 Å². The molecule has 0 radical (unpaired) electrons. The monoisotopic (exact) mass is 274 g/mol. The second-order valence-corrected chi connectivity index (χ2v) is 4.92. The molecule has 1 aliphatic rings. The van der Waals surface area contributed by atoms with Crippen molar-refractivity contribution in [3.8, 4) is 0 Å². The molecule has 3 rings (SSSR count). The van der Waals surface area contributed by atoms with Crippen molar-refractivity contribution < 1.29 is 9.53 Å². The summed E-state index contributed by atoms with van der Waals surface area (Å²) in [5.74, 6) is -0.380. The van der Waals surface area contributed by atoms with Gasteiger partial charge in [0.25, 0.3) is 0 Å². The first-order chi connectivity index (χ1) is 9.61. The largest absolute Gasteiger partial charge is 0.469 e. The lowest BCUT2D eigenvalue weighted by Gasteiger charge is -2.26. The third-order valence-electron chi connectivity index (χ3n) is 3.76. The summed E-state index contributed by atoms with van der Waals surface area (Å²) in [7, 11) is 1.31. The molecular formula is C14H14N2O4. The number of hydrogen-bond donors (Lipinski definition) is 1. The molecule has 2 aromatic rings. The van der Waals surface area contributed by atoms with Crippen LogP contribution in [0.25, 0.3) is 11.0 Å². The number of rotatable bonds is 2. The quantitative estimate of drug-likeness (QED) is 0.647. The van der Waals surface area contributed by atoms with E-state index in [4.69, 9.17) is 0 Å². The lowest BCUT2D eigenvalue weighted by molar-refractivity contribution is -0.141. The highest BCUT2D eigenvalue weighted by atomic mass is 16.5. The van der Waals surface area contributed by atoms with Crippen molar-refractivity contribution in [2.45, 2.75) is 25.3 Å². The fourth-order valence-electron chi connectivity index (χ4n) is 2.83. The highest BCUT2D eigenvalue weighted by Gasteiger charge is 2.26. The normalized spacial score (nSPS) is 17.1. The molecule has 1 atom stereocenters. The Morgan fingerprint density at radius 1 is 1.45 bits per heavy atom. The average Bonchev–Trinajstić information content (AvgIpc) is 2.45. The van der Waals surface area contributed by atoms with Crippen molar-refractivity contribution in [3.05, 3.63) is 44.5 Å². The Balaban J connectivity index is 2.28. The predicted molar refractivity (Wildman–Crippen MR) is 72.8 cm³/mol. The number of carbonyl (C=O) groups excluding carboxylic acids is 1. The number of methoxy groups -OCH3 is 1. The fraction of sp³-hybridized carbons (Fsp3) is 0.357. The molecule has 20 heavy (non-hydrogen) atoms. The lowest BCUT2D eigenvalue weighted by atomic mass is 9.96. The van der Waals surface area contributed by atoms with Gasteiger partial charge in [-0.2, -0.15) is 0 Å². The van der Waals surface area contributed by atoms with Gasteiger partial charge in [-0.25, -0.2) is 0 Å². The fourth-order valence-corrected chi connectivity index (χ4v) is 2.83. The Bertz CT molecular complexity index is 803. The van der Waals surface area contributed by atoms with Crippen molar-refractivity contribution in [3.63, 3.8) is 0 Å². The van der Waals surface area contributed by atoms with Gasteiger partial charge in [-0.3, -0.25) is 19.0 Å². The maximum Gasteiger partial charge on any atom is 0.317 e. The lowest BCUT2D eigenvalue weighted by Crippen LogP contribution is -2.40. The van der Waals surface area contributed by atoms with Crippen LogP contribution in [0, 0.1) is 0 Å². The molecule has 0 spiro atoms. The van der Waals surface area contributed by atoms with Gasteiger partial charge < -0.3 is 9.72 Å². The van der Waals surface area contributed by atoms with Crippen LogP contribution >= 0.6 is 0 Å². The van der Waals surface area contributed by atoms with E-state index in [1.807, 2.05) is 12.1 Å². The van der Waals surface area contributed by atoms with E-state index in [9.17, 15) is 14.4 Å². The van der Waals surface area contributed by atoms with Gasteiger partial charge in [0.2, 0.25) is 0 Å². The van der Waals surface area contributed by atoms with Crippen LogP contribution < -0.4 is 11.1 Å². The van der Waals surface area contributed by atoms with E-state index in [1.54, 1.807) is 6.07 Å². The number of para-hydroxylation sites is 1. The van der Waals surface area contributed by atoms with Gasteiger partial charge in [0.1, 0.15) is 0 Å². The van der Waals surface area contributed by atoms with Crippen molar-refractivity contribution in [2.24, 2.45) is 0 Å². The molecule has 104 valence electrons. The Hall–Kier alpha value is -2.37. The molecular weight excluding hydrogens is 260 g/mol. The molecule has 1 aliphatic heterocycles. The summed E-state index contributed by atoms with van der Waals surface area (Å²) in [5.41, 5.74) is 1.08. The van der Waals surface area contributed by atoms with Crippen LogP contribution in [0.3, 0.4) is 0 Å². The highest BCUT2D eigenvalue weighted by molar-refractivity contribution is 5.79. The Kier molecular flexibility index (Phi) is 2.93. The van der Waals surface area contributed by atoms with Crippen LogP contribution in [0.1, 0.15) is 24.4 Å². The number of aromatic nitrogens is 2. The zero-order chi connectivity index (χ0) is 14.3. The molecule has 1 aromatic heterocycles. The van der Waals surface area contributed by atoms with Crippen molar-refractivity contribution in [1.82, 2.24) is 9.55 Å². The number of hydrogen-bond acceptors (Lipinski definition) is 4. The van der Waals surface area contributed by atoms with Crippen LogP contribution in [0.2, 0.25) is 0 Å². The highest BCUT2D eigenvalue weighted by Crippen LogP contribution is 2.29. The van der Waals surface area contributed by atoms with Crippen LogP contribution in [0.5, 0.6) is 0 Å². The number of esters is 1. The molecule has 1 N–H and O–H groups in total. The van der Waals surface area contributed by atoms with Gasteiger partial charge in [0.05, 0.1) is 24.6 Å². The Morgan fingerprint density at radius 2 is 2.25 bits per heavy atom. The van der Waals surface area contributed by atoms with Crippen molar-refractivity contribution >= 4 is 17.0 Å². The number of ether oxygens (including phenoxy) is 1. The average molecular weight is 274 g/mol. The summed E-state index contributed by atoms with van der Waals surface area (Å²) in [6, 6.07) is 5.22. The van der Waals surface area contributed by atoms with E-state index in [0.29, 0.717) is 11.9 Å². The second kappa shape index (κ2) is 4.63. The summed E-state index contributed by atoms with van der Waals surface area (Å²) in [6.07, 6.45) is 1.51. The molecule has 0 saturated heterocycles. The van der Waals surface area contributed by atoms with E-state index in [-0.39, 0.29) is 18.4 Å². The number of carbonyl (C=O) groups is 1. The standard InChI is InChI=1S/C14H14N2O4/c1-20-11(17)7-9-6-5-8-3-2-4-10-12(8)16(9)14(19)13(18)15-10/h2-4,9H,5-7H2,1H3,(H,15,18). The first kappa shape index (κ1) is 12.7. The number of benzene rings is 1. The topological polar surface area (TPSA) is 81.2 Å². The summed E-state index contributed by atoms with van der Waals surface area (Å²) < 4.78 is 6.11. The third kappa shape index (κ3) is 1.84. The van der Waals surface area contributed by atoms with Gasteiger partial charge in [-0.05, 0) is 24.5 Å². The number of H-pyrrole nitrogens is 1. The van der Waals surface area contributed by atoms with Gasteiger partial charge in [0, 0.05) is 6.04 Å². The minimum Gasteiger partial charge on any atom is -0.469 e. The predicted octanol–water partition coefficient (Wildman–Crippen LogP) is 0.740. The Labute approximate surface area is 114 Å². The van der Waals surface area contributed by atoms with Crippen LogP contribution in [0.4, 0.5) is 0 Å². The summed E-state index contributed by atoms with van der Waals surface area (Å²) in [4.78, 5) is 38.0. The van der Waals surface area contributed by atoms with E-state index >= 15 is 0 Å². The van der Waals surface area contributed by atoms with E-state index in [2.05, 4.69) is 9.72 Å².